The van der Waals surface area contributed by atoms with Gasteiger partial charge < -0.3 is 19.8 Å². The molecule has 0 saturated carbocycles. The monoisotopic (exact) mass is 704 g/mol. The number of nitrogens with zero attached hydrogens (tertiary/aromatic N) is 1. The average Bonchev–Trinajstić information content (AvgIpc) is 3.02. The van der Waals surface area contributed by atoms with Crippen molar-refractivity contribution in [2.24, 2.45) is 0 Å². The molecule has 8 nitrogen and oxygen atoms in total. The third-order valence-corrected chi connectivity index (χ3v) is 9.99. The summed E-state index contributed by atoms with van der Waals surface area (Å²) in [6.45, 7) is 4.64. The van der Waals surface area contributed by atoms with Gasteiger partial charge in [0.1, 0.15) is 13.2 Å². The van der Waals surface area contributed by atoms with Crippen molar-refractivity contribution in [3.05, 3.63) is 12.2 Å². The number of phosphoric ester groups is 1. The molecule has 1 amide bonds. The van der Waals surface area contributed by atoms with Gasteiger partial charge in [-0.05, 0) is 19.3 Å². The highest BCUT2D eigenvalue weighted by molar-refractivity contribution is 7.47. The molecule has 0 aromatic rings. The molecule has 0 spiro atoms. The van der Waals surface area contributed by atoms with E-state index in [1.165, 1.54) is 122 Å². The Kier molecular flexibility index (Phi) is 31.7. The van der Waals surface area contributed by atoms with Crippen LogP contribution in [0.4, 0.5) is 0 Å². The molecule has 3 atom stereocenters. The van der Waals surface area contributed by atoms with E-state index in [2.05, 4.69) is 19.2 Å². The van der Waals surface area contributed by atoms with Crippen molar-refractivity contribution in [2.45, 2.75) is 193 Å². The largest absolute Gasteiger partial charge is 0.472 e. The van der Waals surface area contributed by atoms with Crippen LogP contribution < -0.4 is 5.32 Å². The number of nitrogens with one attached hydrogen (secondary N) is 1. The molecule has 286 valence electrons. The molecule has 0 aromatic heterocycles. The Bertz CT molecular complexity index is 804. The Morgan fingerprint density at radius 3 is 1.54 bits per heavy atom. The fourth-order valence-corrected chi connectivity index (χ4v) is 6.48. The number of phosphoric acid groups is 1. The van der Waals surface area contributed by atoms with Gasteiger partial charge in [-0.2, -0.15) is 0 Å². The van der Waals surface area contributed by atoms with E-state index in [0.717, 1.165) is 38.5 Å². The molecule has 0 rings (SSSR count). The molecular weight excluding hydrogens is 623 g/mol. The molecule has 0 aliphatic rings. The highest BCUT2D eigenvalue weighted by Gasteiger charge is 2.27. The summed E-state index contributed by atoms with van der Waals surface area (Å²) in [4.78, 5) is 22.6. The van der Waals surface area contributed by atoms with Crippen molar-refractivity contribution in [1.82, 2.24) is 5.32 Å². The first-order valence-electron chi connectivity index (χ1n) is 20.1. The Morgan fingerprint density at radius 1 is 0.688 bits per heavy atom. The minimum Gasteiger partial charge on any atom is -0.387 e. The first-order chi connectivity index (χ1) is 23.0. The zero-order chi connectivity index (χ0) is 35.8. The number of rotatable bonds is 36. The van der Waals surface area contributed by atoms with Gasteiger partial charge in [-0.25, -0.2) is 4.57 Å². The summed E-state index contributed by atoms with van der Waals surface area (Å²) in [5.74, 6) is -0.201. The Labute approximate surface area is 297 Å². The fraction of sp³-hybridized carbons (Fsp3) is 0.923. The van der Waals surface area contributed by atoms with Crippen molar-refractivity contribution in [1.29, 1.82) is 0 Å². The van der Waals surface area contributed by atoms with Crippen LogP contribution in [-0.2, 0) is 18.4 Å². The molecule has 0 aliphatic carbocycles. The molecule has 0 heterocycles. The van der Waals surface area contributed by atoms with Gasteiger partial charge in [0.2, 0.25) is 5.91 Å². The average molecular weight is 704 g/mol. The van der Waals surface area contributed by atoms with Crippen LogP contribution in [0.25, 0.3) is 0 Å². The number of unbranched alkanes of at least 4 members (excludes halogenated alkanes) is 23. The van der Waals surface area contributed by atoms with E-state index in [1.807, 2.05) is 27.2 Å². The molecule has 0 aromatic carbocycles. The quantitative estimate of drug-likeness (QED) is 0.0260. The number of aliphatic hydroxyl groups is 1. The number of carbonyl (C=O) groups excluding carboxylic acids is 1. The molecule has 48 heavy (non-hydrogen) atoms. The molecule has 0 fully saturated rings. The third kappa shape index (κ3) is 33.7. The van der Waals surface area contributed by atoms with E-state index in [1.54, 1.807) is 6.08 Å². The second-order valence-electron chi connectivity index (χ2n) is 15.0. The van der Waals surface area contributed by atoms with Crippen molar-refractivity contribution in [2.75, 3.05) is 40.9 Å². The minimum atomic E-state index is -4.31. The summed E-state index contributed by atoms with van der Waals surface area (Å²) in [5.41, 5.74) is 0. The topological polar surface area (TPSA) is 105 Å². The fourth-order valence-electron chi connectivity index (χ4n) is 5.75. The lowest BCUT2D eigenvalue weighted by atomic mass is 10.0. The predicted octanol–water partition coefficient (Wildman–Crippen LogP) is 10.4. The van der Waals surface area contributed by atoms with Gasteiger partial charge in [-0.1, -0.05) is 167 Å². The van der Waals surface area contributed by atoms with Crippen LogP contribution in [0.3, 0.4) is 0 Å². The number of carbonyl (C=O) groups is 1. The van der Waals surface area contributed by atoms with E-state index < -0.39 is 20.0 Å². The molecule has 0 saturated heterocycles. The summed E-state index contributed by atoms with van der Waals surface area (Å²) < 4.78 is 23.2. The van der Waals surface area contributed by atoms with Crippen LogP contribution in [0.1, 0.15) is 181 Å². The number of aliphatic hydroxyl groups excluding tert-OH is 1. The number of allylic oxidation sites excluding steroid dienone is 1. The molecule has 9 heteroatoms. The molecule has 3 N–H and O–H groups in total. The Morgan fingerprint density at radius 2 is 1.10 bits per heavy atom. The Balaban J connectivity index is 4.03. The molecule has 3 unspecified atom stereocenters. The van der Waals surface area contributed by atoms with Gasteiger partial charge in [0.25, 0.3) is 0 Å². The summed E-state index contributed by atoms with van der Waals surface area (Å²) in [7, 11) is 1.57. The molecular formula is C39H80N2O6P+. The Hall–Kier alpha value is -0.760. The van der Waals surface area contributed by atoms with Gasteiger partial charge in [0, 0.05) is 6.42 Å². The minimum absolute atomic E-state index is 0.0628. The van der Waals surface area contributed by atoms with Crippen molar-refractivity contribution >= 4 is 13.7 Å². The first-order valence-corrected chi connectivity index (χ1v) is 21.6. The molecule has 0 bridgehead atoms. The van der Waals surface area contributed by atoms with Crippen LogP contribution in [0.15, 0.2) is 12.2 Å². The zero-order valence-corrected chi connectivity index (χ0v) is 33.1. The maximum absolute atomic E-state index is 12.5. The van der Waals surface area contributed by atoms with Crippen molar-refractivity contribution < 1.29 is 32.9 Å². The maximum atomic E-state index is 12.5. The van der Waals surface area contributed by atoms with Crippen LogP contribution in [0, 0.1) is 0 Å². The van der Waals surface area contributed by atoms with Crippen molar-refractivity contribution in [3.63, 3.8) is 0 Å². The van der Waals surface area contributed by atoms with E-state index in [4.69, 9.17) is 9.05 Å². The zero-order valence-electron chi connectivity index (χ0n) is 32.2. The van der Waals surface area contributed by atoms with Gasteiger partial charge in [-0.3, -0.25) is 13.8 Å². The predicted molar refractivity (Wildman–Crippen MR) is 203 cm³/mol. The number of likely N-dealkylation sites (N-methyl/N-ethyl adjacent to an activating group) is 1. The third-order valence-electron chi connectivity index (χ3n) is 9.01. The number of hydrogen-bond acceptors (Lipinski definition) is 5. The summed E-state index contributed by atoms with van der Waals surface area (Å²) in [6.07, 6.45) is 35.1. The highest BCUT2D eigenvalue weighted by atomic mass is 31.2. The van der Waals surface area contributed by atoms with Crippen molar-refractivity contribution in [3.8, 4) is 0 Å². The van der Waals surface area contributed by atoms with E-state index >= 15 is 0 Å². The first kappa shape index (κ1) is 47.2. The second kappa shape index (κ2) is 32.2. The smallest absolute Gasteiger partial charge is 0.387 e. The normalized spacial score (nSPS) is 14.7. The van der Waals surface area contributed by atoms with Gasteiger partial charge in [0.05, 0.1) is 39.9 Å². The van der Waals surface area contributed by atoms with E-state index in [0.29, 0.717) is 17.4 Å². The lowest BCUT2D eigenvalue weighted by Crippen LogP contribution is -2.45. The summed E-state index contributed by atoms with van der Waals surface area (Å²) >= 11 is 0. The lowest BCUT2D eigenvalue weighted by molar-refractivity contribution is -0.870. The maximum Gasteiger partial charge on any atom is 0.472 e. The number of amides is 1. The number of hydrogen-bond donors (Lipinski definition) is 3. The van der Waals surface area contributed by atoms with E-state index in [-0.39, 0.29) is 19.1 Å². The second-order valence-corrected chi connectivity index (χ2v) is 16.5. The lowest BCUT2D eigenvalue weighted by Gasteiger charge is -2.25. The summed E-state index contributed by atoms with van der Waals surface area (Å²) in [5, 5.41) is 13.6. The van der Waals surface area contributed by atoms with Crippen LogP contribution in [0.5, 0.6) is 0 Å². The standard InChI is InChI=1S/C39H79N2O6P/c1-6-8-10-11-12-13-14-15-16-17-18-19-20-21-22-23-24-25-26-27-28-29-31-32-38(42)37(40-39(43)33-30-9-7-2)36-47-48(44,45)46-35-34-41(3,4)5/h31-32,37-38,42H,6-30,33-36H2,1-5H3,(H-,40,43,44,45)/p+1/b32-31+. The van der Waals surface area contributed by atoms with Gasteiger partial charge >= 0.3 is 7.82 Å². The van der Waals surface area contributed by atoms with Gasteiger partial charge in [-0.15, -0.1) is 0 Å². The molecule has 0 aliphatic heterocycles. The molecule has 0 radical (unpaired) electrons. The van der Waals surface area contributed by atoms with E-state index in [9.17, 15) is 19.4 Å². The highest BCUT2D eigenvalue weighted by Crippen LogP contribution is 2.43. The van der Waals surface area contributed by atoms with Crippen LogP contribution >= 0.6 is 7.82 Å². The van der Waals surface area contributed by atoms with Crippen LogP contribution in [-0.4, -0.2) is 73.4 Å². The van der Waals surface area contributed by atoms with Crippen LogP contribution in [0.2, 0.25) is 0 Å². The SMILES string of the molecule is CCCCCCCCCCCCCCCCCCCCCCC/C=C/C(O)C(COP(=O)(O)OCC[N+](C)(C)C)NC(=O)CCCCC. The van der Waals surface area contributed by atoms with Gasteiger partial charge in [0.15, 0.2) is 0 Å². The summed E-state index contributed by atoms with van der Waals surface area (Å²) in [6, 6.07) is -0.836. The number of quaternary nitrogens is 1.